The Balaban J connectivity index is 3.15. The van der Waals surface area contributed by atoms with Crippen molar-refractivity contribution in [3.05, 3.63) is 16.4 Å². The van der Waals surface area contributed by atoms with Gasteiger partial charge in [0.05, 0.1) is 10.7 Å². The molecule has 0 saturated carbocycles. The van der Waals surface area contributed by atoms with Crippen molar-refractivity contribution in [2.45, 2.75) is 19.4 Å². The van der Waals surface area contributed by atoms with E-state index in [9.17, 15) is 13.6 Å². The molecule has 0 radical (unpaired) electrons. The largest absolute Gasteiger partial charge is 0.480 e. The topological polar surface area (TPSA) is 55.1 Å². The van der Waals surface area contributed by atoms with E-state index in [1.54, 1.807) is 0 Å². The summed E-state index contributed by atoms with van der Waals surface area (Å²) in [5.41, 5.74) is -0.417. The van der Waals surface area contributed by atoms with Crippen LogP contribution in [0.1, 0.15) is 25.1 Å². The molecule has 4 nitrogen and oxygen atoms in total. The van der Waals surface area contributed by atoms with Gasteiger partial charge in [0.1, 0.15) is 11.7 Å². The first-order chi connectivity index (χ1) is 6.45. The molecule has 0 aliphatic carbocycles. The molecule has 1 atom stereocenters. The fourth-order valence-corrected chi connectivity index (χ4v) is 1.41. The van der Waals surface area contributed by atoms with Crippen LogP contribution in [0.4, 0.5) is 8.78 Å². The Morgan fingerprint density at radius 2 is 2.29 bits per heavy atom. The van der Waals surface area contributed by atoms with Gasteiger partial charge >= 0.3 is 5.97 Å². The zero-order valence-corrected chi connectivity index (χ0v) is 8.70. The third kappa shape index (κ3) is 1.92. The molecule has 0 saturated heterocycles. The Hall–Kier alpha value is -0.980. The summed E-state index contributed by atoms with van der Waals surface area (Å²) in [5.74, 6) is -1.21. The van der Waals surface area contributed by atoms with Gasteiger partial charge in [0.15, 0.2) is 0 Å². The number of aliphatic carboxylic acids is 1. The highest BCUT2D eigenvalue weighted by Gasteiger charge is 2.24. The van der Waals surface area contributed by atoms with Crippen molar-refractivity contribution < 1.29 is 18.7 Å². The summed E-state index contributed by atoms with van der Waals surface area (Å²) in [6, 6.07) is -1.11. The Morgan fingerprint density at radius 3 is 2.71 bits per heavy atom. The van der Waals surface area contributed by atoms with Gasteiger partial charge in [-0.25, -0.2) is 18.3 Å². The van der Waals surface area contributed by atoms with E-state index < -0.39 is 24.1 Å². The number of hydrogen-bond donors (Lipinski definition) is 1. The van der Waals surface area contributed by atoms with Gasteiger partial charge in [0, 0.05) is 0 Å². The van der Waals surface area contributed by atoms with Gasteiger partial charge < -0.3 is 5.11 Å². The van der Waals surface area contributed by atoms with Gasteiger partial charge in [0.2, 0.25) is 0 Å². The number of carbonyl (C=O) groups is 1. The Bertz CT molecular complexity index is 353. The van der Waals surface area contributed by atoms with Crippen LogP contribution in [0.25, 0.3) is 0 Å². The molecule has 7 heteroatoms. The summed E-state index contributed by atoms with van der Waals surface area (Å²) >= 11 is 2.88. The summed E-state index contributed by atoms with van der Waals surface area (Å²) in [6.07, 6.45) is -1.60. The van der Waals surface area contributed by atoms with Crippen LogP contribution in [0.3, 0.4) is 0 Å². The van der Waals surface area contributed by atoms with Crippen molar-refractivity contribution in [2.75, 3.05) is 0 Å². The van der Waals surface area contributed by atoms with Crippen LogP contribution >= 0.6 is 15.9 Å². The molecule has 0 aromatic carbocycles. The van der Waals surface area contributed by atoms with Crippen molar-refractivity contribution >= 4 is 21.9 Å². The van der Waals surface area contributed by atoms with E-state index in [0.29, 0.717) is 0 Å². The fourth-order valence-electron chi connectivity index (χ4n) is 0.968. The third-order valence-corrected chi connectivity index (χ3v) is 2.33. The van der Waals surface area contributed by atoms with Crippen LogP contribution in [0.2, 0.25) is 0 Å². The summed E-state index contributed by atoms with van der Waals surface area (Å²) in [5, 5.41) is 12.2. The van der Waals surface area contributed by atoms with Crippen LogP contribution < -0.4 is 0 Å². The number of aromatic nitrogens is 2. The number of carboxylic acid groups (broad SMARTS) is 1. The monoisotopic (exact) mass is 268 g/mol. The molecule has 0 unspecified atom stereocenters. The molecule has 1 N–H and O–H groups in total. The van der Waals surface area contributed by atoms with E-state index in [4.69, 9.17) is 5.11 Å². The van der Waals surface area contributed by atoms with Crippen molar-refractivity contribution in [1.29, 1.82) is 0 Å². The molecule has 0 fully saturated rings. The maximum atomic E-state index is 12.5. The lowest BCUT2D eigenvalue weighted by atomic mass is 10.3. The number of nitrogens with zero attached hydrogens (tertiary/aromatic N) is 2. The molecular formula is C7H7BrF2N2O2. The predicted octanol–water partition coefficient (Wildman–Crippen LogP) is 2.23. The standard InChI is InChI=1S/C7H7BrF2N2O2/c1-3(7(13)14)12-5(6(9)10)4(8)2-11-12/h2-3,6H,1H3,(H,13,14)/t3-/m0/s1. The molecule has 78 valence electrons. The lowest BCUT2D eigenvalue weighted by Crippen LogP contribution is -2.19. The van der Waals surface area contributed by atoms with E-state index in [0.717, 1.165) is 10.9 Å². The van der Waals surface area contributed by atoms with Crippen molar-refractivity contribution in [3.63, 3.8) is 0 Å². The average Bonchev–Trinajstić information content (AvgIpc) is 2.45. The molecule has 14 heavy (non-hydrogen) atoms. The molecular weight excluding hydrogens is 262 g/mol. The van der Waals surface area contributed by atoms with Crippen LogP contribution in [-0.2, 0) is 4.79 Å². The first kappa shape index (κ1) is 11.1. The normalized spacial score (nSPS) is 13.2. The second-order valence-electron chi connectivity index (χ2n) is 2.64. The SMILES string of the molecule is C[C@@H](C(=O)O)n1ncc(Br)c1C(F)F. The minimum atomic E-state index is -2.76. The predicted molar refractivity (Wildman–Crippen MR) is 47.2 cm³/mol. The van der Waals surface area contributed by atoms with Crippen LogP contribution in [0.5, 0.6) is 0 Å². The molecule has 1 aromatic heterocycles. The Kier molecular flexibility index (Phi) is 3.20. The highest BCUT2D eigenvalue weighted by molar-refractivity contribution is 9.10. The molecule has 0 aliphatic rings. The second-order valence-corrected chi connectivity index (χ2v) is 3.49. The van der Waals surface area contributed by atoms with E-state index in [2.05, 4.69) is 21.0 Å². The zero-order chi connectivity index (χ0) is 10.9. The van der Waals surface area contributed by atoms with Crippen LogP contribution in [-0.4, -0.2) is 20.9 Å². The van der Waals surface area contributed by atoms with Crippen molar-refractivity contribution in [2.24, 2.45) is 0 Å². The quantitative estimate of drug-likeness (QED) is 0.915. The molecule has 1 rings (SSSR count). The van der Waals surface area contributed by atoms with Crippen molar-refractivity contribution in [3.8, 4) is 0 Å². The number of alkyl halides is 2. The number of hydrogen-bond acceptors (Lipinski definition) is 2. The average molecular weight is 269 g/mol. The molecule has 0 bridgehead atoms. The van der Waals surface area contributed by atoms with Crippen LogP contribution in [0.15, 0.2) is 10.7 Å². The van der Waals surface area contributed by atoms with Gasteiger partial charge in [-0.2, -0.15) is 5.10 Å². The minimum Gasteiger partial charge on any atom is -0.480 e. The highest BCUT2D eigenvalue weighted by atomic mass is 79.9. The minimum absolute atomic E-state index is 0.112. The van der Waals surface area contributed by atoms with Gasteiger partial charge in [-0.3, -0.25) is 0 Å². The first-order valence-corrected chi connectivity index (χ1v) is 4.48. The van der Waals surface area contributed by atoms with Gasteiger partial charge in [-0.1, -0.05) is 0 Å². The van der Waals surface area contributed by atoms with E-state index in [1.807, 2.05) is 0 Å². The third-order valence-electron chi connectivity index (χ3n) is 1.72. The highest BCUT2D eigenvalue weighted by Crippen LogP contribution is 2.29. The Morgan fingerprint density at radius 1 is 1.71 bits per heavy atom. The molecule has 0 spiro atoms. The zero-order valence-electron chi connectivity index (χ0n) is 7.12. The first-order valence-electron chi connectivity index (χ1n) is 3.69. The van der Waals surface area contributed by atoms with Crippen molar-refractivity contribution in [1.82, 2.24) is 9.78 Å². The molecule has 0 aliphatic heterocycles. The fraction of sp³-hybridized carbons (Fsp3) is 0.429. The summed E-state index contributed by atoms with van der Waals surface area (Å²) in [4.78, 5) is 10.6. The summed E-state index contributed by atoms with van der Waals surface area (Å²) < 4.78 is 25.8. The van der Waals surface area contributed by atoms with Crippen LogP contribution in [0, 0.1) is 0 Å². The van der Waals surface area contributed by atoms with E-state index >= 15 is 0 Å². The molecule has 1 aromatic rings. The number of rotatable bonds is 3. The number of carboxylic acids is 1. The molecule has 1 heterocycles. The van der Waals surface area contributed by atoms with Gasteiger partial charge in [0.25, 0.3) is 6.43 Å². The maximum Gasteiger partial charge on any atom is 0.328 e. The van der Waals surface area contributed by atoms with E-state index in [-0.39, 0.29) is 4.47 Å². The van der Waals surface area contributed by atoms with Gasteiger partial charge in [-0.15, -0.1) is 0 Å². The van der Waals surface area contributed by atoms with Gasteiger partial charge in [-0.05, 0) is 22.9 Å². The Labute approximate surface area is 86.7 Å². The lowest BCUT2D eigenvalue weighted by Gasteiger charge is -2.10. The summed E-state index contributed by atoms with van der Waals surface area (Å²) in [6.45, 7) is 1.29. The smallest absolute Gasteiger partial charge is 0.328 e. The summed E-state index contributed by atoms with van der Waals surface area (Å²) in [7, 11) is 0. The maximum absolute atomic E-state index is 12.5. The lowest BCUT2D eigenvalue weighted by molar-refractivity contribution is -0.140. The van der Waals surface area contributed by atoms with E-state index in [1.165, 1.54) is 6.92 Å². The number of halogens is 3. The molecule has 0 amide bonds. The second kappa shape index (κ2) is 4.04.